The van der Waals surface area contributed by atoms with Crippen molar-refractivity contribution in [1.82, 2.24) is 4.90 Å². The van der Waals surface area contributed by atoms with Gasteiger partial charge in [0.2, 0.25) is 11.8 Å². The number of benzene rings is 3. The Bertz CT molecular complexity index is 983. The van der Waals surface area contributed by atoms with Crippen LogP contribution < -0.4 is 10.6 Å². The van der Waals surface area contributed by atoms with Crippen molar-refractivity contribution in [3.05, 3.63) is 71.8 Å². The molecule has 28 heavy (non-hydrogen) atoms. The number of carbonyl (C=O) groups is 2. The molecule has 0 radical (unpaired) electrons. The van der Waals surface area contributed by atoms with Gasteiger partial charge >= 0.3 is 0 Å². The molecule has 0 aliphatic carbocycles. The second-order valence-electron chi connectivity index (χ2n) is 6.66. The van der Waals surface area contributed by atoms with E-state index in [9.17, 15) is 9.59 Å². The molecule has 3 rings (SSSR count). The van der Waals surface area contributed by atoms with Crippen LogP contribution in [0.25, 0.3) is 10.8 Å². The highest BCUT2D eigenvalue weighted by atomic mass is 35.5. The smallest absolute Gasteiger partial charge is 0.241 e. The van der Waals surface area contributed by atoms with E-state index in [0.717, 1.165) is 16.5 Å². The van der Waals surface area contributed by atoms with Crippen LogP contribution >= 0.6 is 11.6 Å². The Morgan fingerprint density at radius 2 is 1.64 bits per heavy atom. The van der Waals surface area contributed by atoms with Crippen LogP contribution in [0.4, 0.5) is 11.4 Å². The number of hydrogen-bond acceptors (Lipinski definition) is 3. The van der Waals surface area contributed by atoms with E-state index >= 15 is 0 Å². The second-order valence-corrected chi connectivity index (χ2v) is 7.10. The van der Waals surface area contributed by atoms with Crippen molar-refractivity contribution in [2.45, 2.75) is 13.0 Å². The SMILES string of the molecule is C[C@H](C(=O)Nc1ccc(Cl)cc1)N(C)CC(=O)Nc1cccc2ccccc12. The molecule has 0 bridgehead atoms. The molecule has 0 spiro atoms. The van der Waals surface area contributed by atoms with E-state index in [0.29, 0.717) is 10.7 Å². The van der Waals surface area contributed by atoms with E-state index in [1.165, 1.54) is 0 Å². The van der Waals surface area contributed by atoms with Crippen LogP contribution in [0.2, 0.25) is 5.02 Å². The molecule has 1 atom stereocenters. The van der Waals surface area contributed by atoms with E-state index in [1.54, 1.807) is 43.1 Å². The molecule has 0 saturated heterocycles. The number of halogens is 1. The quantitative estimate of drug-likeness (QED) is 0.650. The predicted octanol–water partition coefficient (Wildman–Crippen LogP) is 4.39. The summed E-state index contributed by atoms with van der Waals surface area (Å²) in [7, 11) is 1.74. The molecule has 0 aromatic heterocycles. The number of fused-ring (bicyclic) bond motifs is 1. The van der Waals surface area contributed by atoms with Crippen LogP contribution in [0.5, 0.6) is 0 Å². The first-order valence-corrected chi connectivity index (χ1v) is 9.36. The van der Waals surface area contributed by atoms with Crippen LogP contribution in [0.15, 0.2) is 66.7 Å². The minimum Gasteiger partial charge on any atom is -0.325 e. The van der Waals surface area contributed by atoms with Crippen molar-refractivity contribution < 1.29 is 9.59 Å². The van der Waals surface area contributed by atoms with Crippen LogP contribution in [-0.2, 0) is 9.59 Å². The number of hydrogen-bond donors (Lipinski definition) is 2. The summed E-state index contributed by atoms with van der Waals surface area (Å²) in [6, 6.07) is 20.1. The summed E-state index contributed by atoms with van der Waals surface area (Å²) in [6.45, 7) is 1.86. The van der Waals surface area contributed by atoms with Gasteiger partial charge in [0.15, 0.2) is 0 Å². The van der Waals surface area contributed by atoms with Crippen molar-refractivity contribution in [1.29, 1.82) is 0 Å². The van der Waals surface area contributed by atoms with Gasteiger partial charge < -0.3 is 10.6 Å². The standard InChI is InChI=1S/C22H22ClN3O2/c1-15(22(28)24-18-12-10-17(23)11-13-18)26(2)14-21(27)25-20-9-5-7-16-6-3-4-8-19(16)20/h3-13,15H,14H2,1-2H3,(H,24,28)(H,25,27)/t15-/m1/s1. The maximum absolute atomic E-state index is 12.5. The summed E-state index contributed by atoms with van der Waals surface area (Å²) >= 11 is 5.86. The Hall–Kier alpha value is -2.89. The van der Waals surface area contributed by atoms with Gasteiger partial charge in [-0.2, -0.15) is 0 Å². The normalized spacial score (nSPS) is 12.0. The van der Waals surface area contributed by atoms with Crippen molar-refractivity contribution >= 4 is 45.6 Å². The van der Waals surface area contributed by atoms with Crippen LogP contribution in [0.1, 0.15) is 6.92 Å². The molecule has 0 heterocycles. The van der Waals surface area contributed by atoms with Gasteiger partial charge in [-0.3, -0.25) is 14.5 Å². The highest BCUT2D eigenvalue weighted by Gasteiger charge is 2.20. The Labute approximate surface area is 169 Å². The zero-order valence-electron chi connectivity index (χ0n) is 15.8. The lowest BCUT2D eigenvalue weighted by Gasteiger charge is -2.23. The lowest BCUT2D eigenvalue weighted by atomic mass is 10.1. The number of rotatable bonds is 6. The molecule has 2 N–H and O–H groups in total. The van der Waals surface area contributed by atoms with Gasteiger partial charge in [0.1, 0.15) is 0 Å². The van der Waals surface area contributed by atoms with E-state index in [4.69, 9.17) is 11.6 Å². The molecule has 3 aromatic rings. The summed E-state index contributed by atoms with van der Waals surface area (Å²) in [4.78, 5) is 26.6. The molecular weight excluding hydrogens is 374 g/mol. The minimum atomic E-state index is -0.478. The zero-order valence-corrected chi connectivity index (χ0v) is 16.5. The lowest BCUT2D eigenvalue weighted by Crippen LogP contribution is -2.43. The summed E-state index contributed by atoms with van der Waals surface area (Å²) in [5, 5.41) is 8.41. The second kappa shape index (κ2) is 8.87. The van der Waals surface area contributed by atoms with Gasteiger partial charge in [-0.25, -0.2) is 0 Å². The molecule has 0 saturated carbocycles. The number of nitrogens with zero attached hydrogens (tertiary/aromatic N) is 1. The lowest BCUT2D eigenvalue weighted by molar-refractivity contribution is -0.122. The van der Waals surface area contributed by atoms with E-state index in [2.05, 4.69) is 10.6 Å². The van der Waals surface area contributed by atoms with Crippen LogP contribution in [0.3, 0.4) is 0 Å². The van der Waals surface area contributed by atoms with Gasteiger partial charge in [-0.15, -0.1) is 0 Å². The molecule has 0 aliphatic rings. The molecule has 5 nitrogen and oxygen atoms in total. The van der Waals surface area contributed by atoms with Crippen LogP contribution in [-0.4, -0.2) is 36.3 Å². The maximum Gasteiger partial charge on any atom is 0.241 e. The fourth-order valence-corrected chi connectivity index (χ4v) is 2.99. The first-order valence-electron chi connectivity index (χ1n) is 8.98. The van der Waals surface area contributed by atoms with Crippen molar-refractivity contribution in [2.24, 2.45) is 0 Å². The first-order chi connectivity index (χ1) is 13.4. The fourth-order valence-electron chi connectivity index (χ4n) is 2.87. The number of nitrogens with one attached hydrogen (secondary N) is 2. The first kappa shape index (κ1) is 19.9. The molecule has 144 valence electrons. The zero-order chi connectivity index (χ0) is 20.1. The molecule has 6 heteroatoms. The Balaban J connectivity index is 1.59. The highest BCUT2D eigenvalue weighted by molar-refractivity contribution is 6.30. The third kappa shape index (κ3) is 4.88. The van der Waals surface area contributed by atoms with Crippen LogP contribution in [0, 0.1) is 0 Å². The molecule has 3 aromatic carbocycles. The summed E-state index contributed by atoms with van der Waals surface area (Å²) in [6.07, 6.45) is 0. The topological polar surface area (TPSA) is 61.4 Å². The number of amides is 2. The van der Waals surface area contributed by atoms with Crippen molar-refractivity contribution in [3.63, 3.8) is 0 Å². The molecule has 2 amide bonds. The average molecular weight is 396 g/mol. The average Bonchev–Trinajstić information content (AvgIpc) is 2.69. The number of carbonyl (C=O) groups excluding carboxylic acids is 2. The predicted molar refractivity (Wildman–Crippen MR) is 115 cm³/mol. The van der Waals surface area contributed by atoms with Crippen molar-refractivity contribution in [3.8, 4) is 0 Å². The Morgan fingerprint density at radius 1 is 0.964 bits per heavy atom. The summed E-state index contributed by atoms with van der Waals surface area (Å²) < 4.78 is 0. The third-order valence-corrected chi connectivity index (χ3v) is 4.86. The monoisotopic (exact) mass is 395 g/mol. The number of anilines is 2. The van der Waals surface area contributed by atoms with Gasteiger partial charge in [0.05, 0.1) is 12.6 Å². The fraction of sp³-hybridized carbons (Fsp3) is 0.182. The van der Waals surface area contributed by atoms with E-state index < -0.39 is 6.04 Å². The van der Waals surface area contributed by atoms with Gasteiger partial charge in [-0.05, 0) is 49.7 Å². The van der Waals surface area contributed by atoms with Gasteiger partial charge in [-0.1, -0.05) is 48.0 Å². The third-order valence-electron chi connectivity index (χ3n) is 4.61. The molecule has 0 aliphatic heterocycles. The van der Waals surface area contributed by atoms with E-state index in [-0.39, 0.29) is 18.4 Å². The highest BCUT2D eigenvalue weighted by Crippen LogP contribution is 2.23. The largest absolute Gasteiger partial charge is 0.325 e. The Morgan fingerprint density at radius 3 is 2.39 bits per heavy atom. The Kier molecular flexibility index (Phi) is 6.29. The molecule has 0 fully saturated rings. The number of likely N-dealkylation sites (N-methyl/N-ethyl adjacent to an activating group) is 1. The van der Waals surface area contributed by atoms with Gasteiger partial charge in [0.25, 0.3) is 0 Å². The molecular formula is C22H22ClN3O2. The maximum atomic E-state index is 12.5. The van der Waals surface area contributed by atoms with Crippen molar-refractivity contribution in [2.75, 3.05) is 24.2 Å². The summed E-state index contributed by atoms with van der Waals surface area (Å²) in [5.74, 6) is -0.368. The minimum absolute atomic E-state index is 0.0957. The van der Waals surface area contributed by atoms with E-state index in [1.807, 2.05) is 42.5 Å². The van der Waals surface area contributed by atoms with Gasteiger partial charge in [0, 0.05) is 21.8 Å². The molecule has 0 unspecified atom stereocenters. The summed E-state index contributed by atoms with van der Waals surface area (Å²) in [5.41, 5.74) is 1.42.